The molecule has 0 amide bonds. The summed E-state index contributed by atoms with van der Waals surface area (Å²) in [6.07, 6.45) is 7.97. The van der Waals surface area contributed by atoms with Crippen molar-refractivity contribution in [3.8, 4) is 0 Å². The molecular weight excluding hydrogens is 324 g/mol. The first kappa shape index (κ1) is 18.1. The van der Waals surface area contributed by atoms with Crippen LogP contribution in [0.15, 0.2) is 59.5 Å². The summed E-state index contributed by atoms with van der Waals surface area (Å²) < 4.78 is 2.44. The lowest BCUT2D eigenvalue weighted by Gasteiger charge is -2.09. The number of imidazole rings is 1. The van der Waals surface area contributed by atoms with Crippen molar-refractivity contribution in [2.24, 2.45) is 0 Å². The summed E-state index contributed by atoms with van der Waals surface area (Å²) in [6.45, 7) is 3.35. The molecule has 0 aliphatic carbocycles. The number of hydrogen-bond donors (Lipinski definition) is 0. The van der Waals surface area contributed by atoms with Gasteiger partial charge in [-0.05, 0) is 30.7 Å². The molecule has 1 aromatic heterocycles. The van der Waals surface area contributed by atoms with Crippen LogP contribution in [-0.2, 0) is 12.3 Å². The zero-order valence-electron chi connectivity index (χ0n) is 15.2. The molecule has 0 radical (unpaired) electrons. The highest BCUT2D eigenvalue weighted by Crippen LogP contribution is 2.25. The zero-order chi connectivity index (χ0) is 17.3. The Balaban J connectivity index is 1.66. The zero-order valence-corrected chi connectivity index (χ0v) is 16.0. The van der Waals surface area contributed by atoms with E-state index in [9.17, 15) is 0 Å². The van der Waals surface area contributed by atoms with E-state index in [-0.39, 0.29) is 0 Å². The molecule has 2 nitrogen and oxygen atoms in total. The predicted molar refractivity (Wildman–Crippen MR) is 109 cm³/mol. The molecule has 0 bridgehead atoms. The molecule has 0 fully saturated rings. The van der Waals surface area contributed by atoms with Gasteiger partial charge in [-0.15, -0.1) is 11.8 Å². The first-order valence-corrected chi connectivity index (χ1v) is 10.5. The average molecular weight is 353 g/mol. The van der Waals surface area contributed by atoms with Crippen LogP contribution in [-0.4, -0.2) is 9.55 Å². The van der Waals surface area contributed by atoms with Crippen molar-refractivity contribution in [3.63, 3.8) is 0 Å². The van der Waals surface area contributed by atoms with Gasteiger partial charge in [0.15, 0.2) is 0 Å². The highest BCUT2D eigenvalue weighted by atomic mass is 32.2. The van der Waals surface area contributed by atoms with Gasteiger partial charge in [0.2, 0.25) is 0 Å². The Labute approximate surface area is 155 Å². The van der Waals surface area contributed by atoms with Gasteiger partial charge in [-0.2, -0.15) is 0 Å². The van der Waals surface area contributed by atoms with Gasteiger partial charge in [-0.3, -0.25) is 0 Å². The Morgan fingerprint density at radius 1 is 0.840 bits per heavy atom. The third-order valence-electron chi connectivity index (χ3n) is 4.58. The quantitative estimate of drug-likeness (QED) is 0.299. The van der Waals surface area contributed by atoms with Gasteiger partial charge in [0, 0.05) is 11.4 Å². The van der Waals surface area contributed by atoms with E-state index in [2.05, 4.69) is 66.1 Å². The fourth-order valence-corrected chi connectivity index (χ4v) is 4.07. The Morgan fingerprint density at radius 3 is 2.40 bits per heavy atom. The van der Waals surface area contributed by atoms with Gasteiger partial charge in [-0.25, -0.2) is 4.98 Å². The van der Waals surface area contributed by atoms with Gasteiger partial charge in [0.05, 0.1) is 16.8 Å². The van der Waals surface area contributed by atoms with Crippen molar-refractivity contribution in [1.82, 2.24) is 9.55 Å². The summed E-state index contributed by atoms with van der Waals surface area (Å²) in [5.74, 6) is 2.12. The number of hydrogen-bond acceptors (Lipinski definition) is 2. The first-order valence-electron chi connectivity index (χ1n) is 9.50. The van der Waals surface area contributed by atoms with Gasteiger partial charge in [0.1, 0.15) is 5.82 Å². The van der Waals surface area contributed by atoms with Gasteiger partial charge >= 0.3 is 0 Å². The molecule has 0 aliphatic heterocycles. The summed E-state index contributed by atoms with van der Waals surface area (Å²) in [4.78, 5) is 6.20. The Morgan fingerprint density at radius 2 is 1.56 bits per heavy atom. The maximum atomic E-state index is 4.90. The lowest BCUT2D eigenvalue weighted by Crippen LogP contribution is -2.03. The highest BCUT2D eigenvalue weighted by molar-refractivity contribution is 7.98. The molecule has 0 saturated heterocycles. The van der Waals surface area contributed by atoms with Crippen molar-refractivity contribution in [2.45, 2.75) is 62.6 Å². The fraction of sp³-hybridized carbons (Fsp3) is 0.409. The summed E-state index contributed by atoms with van der Waals surface area (Å²) in [6, 6.07) is 19.1. The second-order valence-corrected chi connectivity index (χ2v) is 7.59. The minimum atomic E-state index is 0.925. The van der Waals surface area contributed by atoms with Crippen molar-refractivity contribution in [3.05, 3.63) is 60.4 Å². The van der Waals surface area contributed by atoms with Crippen LogP contribution >= 0.6 is 11.8 Å². The van der Waals surface area contributed by atoms with Gasteiger partial charge in [-0.1, -0.05) is 69.4 Å². The molecule has 132 valence electrons. The molecule has 3 aromatic rings. The number of aromatic nitrogens is 2. The summed E-state index contributed by atoms with van der Waals surface area (Å²) in [7, 11) is 0. The van der Waals surface area contributed by atoms with Gasteiger partial charge < -0.3 is 4.57 Å². The van der Waals surface area contributed by atoms with E-state index in [0.29, 0.717) is 0 Å². The van der Waals surface area contributed by atoms with Crippen LogP contribution in [0.25, 0.3) is 11.0 Å². The summed E-state index contributed by atoms with van der Waals surface area (Å²) in [5.41, 5.74) is 2.40. The fourth-order valence-electron chi connectivity index (χ4n) is 3.20. The van der Waals surface area contributed by atoms with Crippen molar-refractivity contribution >= 4 is 22.8 Å². The van der Waals surface area contributed by atoms with Crippen LogP contribution in [0.5, 0.6) is 0 Å². The van der Waals surface area contributed by atoms with E-state index in [0.717, 1.165) is 17.8 Å². The van der Waals surface area contributed by atoms with Gasteiger partial charge in [0.25, 0.3) is 0 Å². The van der Waals surface area contributed by atoms with Crippen LogP contribution in [0.4, 0.5) is 0 Å². The van der Waals surface area contributed by atoms with Crippen molar-refractivity contribution < 1.29 is 0 Å². The van der Waals surface area contributed by atoms with Crippen LogP contribution in [0, 0.1) is 0 Å². The number of thioether (sulfide) groups is 1. The smallest absolute Gasteiger partial charge is 0.120 e. The second-order valence-electron chi connectivity index (χ2n) is 6.54. The van der Waals surface area contributed by atoms with Crippen molar-refractivity contribution in [2.75, 3.05) is 0 Å². The van der Waals surface area contributed by atoms with E-state index >= 15 is 0 Å². The summed E-state index contributed by atoms with van der Waals surface area (Å²) in [5, 5.41) is 0. The minimum Gasteiger partial charge on any atom is -0.327 e. The van der Waals surface area contributed by atoms with Crippen LogP contribution in [0.2, 0.25) is 0 Å². The average Bonchev–Trinajstić information content (AvgIpc) is 3.01. The van der Waals surface area contributed by atoms with E-state index in [1.807, 2.05) is 11.8 Å². The van der Waals surface area contributed by atoms with Crippen molar-refractivity contribution in [1.29, 1.82) is 0 Å². The summed E-state index contributed by atoms with van der Waals surface area (Å²) >= 11 is 1.87. The molecule has 25 heavy (non-hydrogen) atoms. The van der Waals surface area contributed by atoms with E-state index in [4.69, 9.17) is 4.98 Å². The minimum absolute atomic E-state index is 0.925. The monoisotopic (exact) mass is 352 g/mol. The largest absolute Gasteiger partial charge is 0.327 e. The lowest BCUT2D eigenvalue weighted by atomic mass is 10.1. The Hall–Kier alpha value is -1.74. The predicted octanol–water partition coefficient (Wildman–Crippen LogP) is 6.69. The van der Waals surface area contributed by atoms with E-state index in [1.54, 1.807) is 0 Å². The number of unbranched alkanes of at least 4 members (excludes halogenated alkanes) is 5. The maximum absolute atomic E-state index is 4.90. The standard InChI is InChI=1S/C22H28N2S/c1-2-3-4-5-6-12-17-24-21-16-11-10-15-20(21)23-22(24)18-25-19-13-8-7-9-14-19/h7-11,13-16H,2-6,12,17-18H2,1H3. The third kappa shape index (κ3) is 5.12. The number of rotatable bonds is 10. The second kappa shape index (κ2) is 9.67. The highest BCUT2D eigenvalue weighted by Gasteiger charge is 2.10. The van der Waals surface area contributed by atoms with E-state index < -0.39 is 0 Å². The molecular formula is C22H28N2S. The van der Waals surface area contributed by atoms with Crippen LogP contribution in [0.3, 0.4) is 0 Å². The Bertz CT molecular complexity index is 764. The first-order chi connectivity index (χ1) is 12.4. The molecule has 0 unspecified atom stereocenters. The number of benzene rings is 2. The lowest BCUT2D eigenvalue weighted by molar-refractivity contribution is 0.557. The number of para-hydroxylation sites is 2. The molecule has 2 aromatic carbocycles. The third-order valence-corrected chi connectivity index (χ3v) is 5.59. The SMILES string of the molecule is CCCCCCCCn1c(CSc2ccccc2)nc2ccccc21. The van der Waals surface area contributed by atoms with E-state index in [1.165, 1.54) is 54.8 Å². The molecule has 3 rings (SSSR count). The van der Waals surface area contributed by atoms with Crippen LogP contribution in [0.1, 0.15) is 51.3 Å². The molecule has 0 N–H and O–H groups in total. The molecule has 0 saturated carbocycles. The number of nitrogens with zero attached hydrogens (tertiary/aromatic N) is 2. The number of fused-ring (bicyclic) bond motifs is 1. The maximum Gasteiger partial charge on any atom is 0.120 e. The topological polar surface area (TPSA) is 17.8 Å². The molecule has 3 heteroatoms. The Kier molecular flexibility index (Phi) is 6.99. The normalized spacial score (nSPS) is 11.2. The molecule has 0 spiro atoms. The number of aryl methyl sites for hydroxylation is 1. The molecule has 0 aliphatic rings. The van der Waals surface area contributed by atoms with Crippen LogP contribution < -0.4 is 0 Å². The molecule has 0 atom stereocenters. The molecule has 1 heterocycles.